The maximum absolute atomic E-state index is 14.7. The van der Waals surface area contributed by atoms with Crippen LogP contribution in [0.2, 0.25) is 0 Å². The molecule has 2 unspecified atom stereocenters. The molecule has 10 N–H and O–H groups in total. The maximum Gasteiger partial charge on any atom is 0.410 e. The van der Waals surface area contributed by atoms with Crippen molar-refractivity contribution in [2.24, 2.45) is 33.6 Å². The van der Waals surface area contributed by atoms with E-state index in [0.29, 0.717) is 76.5 Å². The van der Waals surface area contributed by atoms with E-state index in [9.17, 15) is 61.2 Å². The number of aromatic nitrogens is 5. The Morgan fingerprint density at radius 3 is 2.24 bits per heavy atom. The molecule has 5 aliphatic rings. The quantitative estimate of drug-likeness (QED) is 0.0111. The van der Waals surface area contributed by atoms with Gasteiger partial charge in [-0.05, 0) is 147 Å². The number of rotatable bonds is 32. The van der Waals surface area contributed by atoms with Crippen molar-refractivity contribution in [3.8, 4) is 22.5 Å². The van der Waals surface area contributed by atoms with Crippen molar-refractivity contribution in [3.05, 3.63) is 126 Å². The van der Waals surface area contributed by atoms with Gasteiger partial charge < -0.3 is 46.6 Å². The van der Waals surface area contributed by atoms with Crippen LogP contribution in [0.15, 0.2) is 103 Å². The second-order valence-corrected chi connectivity index (χ2v) is 31.2. The highest BCUT2D eigenvalue weighted by atomic mass is 32.2. The second-order valence-electron chi connectivity index (χ2n) is 28.6. The van der Waals surface area contributed by atoms with E-state index in [0.717, 1.165) is 63.2 Å². The number of ether oxygens (including phenoxy) is 2. The van der Waals surface area contributed by atoms with E-state index in [4.69, 9.17) is 26.0 Å². The number of aromatic carboxylic acids is 1. The lowest BCUT2D eigenvalue weighted by Crippen LogP contribution is -2.64. The molecule has 4 fully saturated rings. The number of H-pyrrole nitrogens is 1. The highest BCUT2D eigenvalue weighted by Gasteiger charge is 2.66. The number of hydrogen-bond donors (Lipinski definition) is 8. The molecule has 28 nitrogen and oxygen atoms in total. The van der Waals surface area contributed by atoms with Gasteiger partial charge in [0, 0.05) is 79.2 Å². The number of nitrogens with zero attached hydrogens (tertiary/aromatic N) is 7. The Labute approximate surface area is 593 Å². The van der Waals surface area contributed by atoms with E-state index in [1.165, 1.54) is 40.5 Å². The van der Waals surface area contributed by atoms with Crippen LogP contribution in [-0.4, -0.2) is 162 Å². The van der Waals surface area contributed by atoms with Crippen molar-refractivity contribution >= 4 is 107 Å². The lowest BCUT2D eigenvalue weighted by Gasteiger charge is -2.69. The van der Waals surface area contributed by atoms with Crippen LogP contribution in [0.1, 0.15) is 137 Å². The second kappa shape index (κ2) is 30.0. The third-order valence-electron chi connectivity index (χ3n) is 19.8. The minimum atomic E-state index is -4.55. The van der Waals surface area contributed by atoms with E-state index in [-0.39, 0.29) is 85.6 Å². The zero-order valence-corrected chi connectivity index (χ0v) is 59.1. The summed E-state index contributed by atoms with van der Waals surface area (Å²) in [6.07, 6.45) is 9.55. The number of anilines is 2. The van der Waals surface area contributed by atoms with Crippen molar-refractivity contribution < 1.29 is 70.7 Å². The number of aromatic amines is 1. The molecule has 4 aromatic heterocycles. The summed E-state index contributed by atoms with van der Waals surface area (Å²) >= 11 is 1.37. The van der Waals surface area contributed by atoms with Crippen molar-refractivity contribution in [2.75, 3.05) is 48.8 Å². The Hall–Kier alpha value is -9.91. The number of fused-ring (bicyclic) bond motifs is 2. The number of urea groups is 1. The summed E-state index contributed by atoms with van der Waals surface area (Å²) in [5, 5.41) is 25.0. The fourth-order valence-corrected chi connectivity index (χ4v) is 17.8. The summed E-state index contributed by atoms with van der Waals surface area (Å²) in [5.41, 5.74) is 14.8. The molecule has 12 rings (SSSR count). The SMILES string of the molecule is Cc1c(-c2ccc(-c3cc4cccc(C(=O)Nc5nc6ccccc6s5)c4[nH]3)nc2C(=O)O)cnn1CC12CC3(C)CC(C)(C1)CC(OCCN(CCS(=O)(=O)O)C(=O)OCc1ccc(N(C(=O)[C@@H](NC(=O)CCCCCN4C(=O)C=CC4=O)C(C)C)[C@@H](CCCNC(N)=O)C(N)=O)cc1)(C3)C2. The van der Waals surface area contributed by atoms with Crippen LogP contribution < -0.4 is 32.3 Å². The van der Waals surface area contributed by atoms with Crippen LogP contribution in [0.3, 0.4) is 0 Å². The van der Waals surface area contributed by atoms with Gasteiger partial charge in [0.15, 0.2) is 10.8 Å². The van der Waals surface area contributed by atoms with Gasteiger partial charge in [-0.25, -0.2) is 24.4 Å². The first-order valence-electron chi connectivity index (χ1n) is 34.1. The number of nitrogens with two attached hydrogens (primary N) is 2. The van der Waals surface area contributed by atoms with E-state index < -0.39 is 93.6 Å². The molecule has 540 valence electrons. The monoisotopic (exact) mass is 1440 g/mol. The molecule has 3 aromatic carbocycles. The number of nitrogens with one attached hydrogen (secondary N) is 4. The van der Waals surface area contributed by atoms with Gasteiger partial charge >= 0.3 is 18.1 Å². The molecule has 4 atom stereocenters. The third-order valence-corrected chi connectivity index (χ3v) is 21.5. The number of carboxylic acid groups (broad SMARTS) is 1. The standard InChI is InChI=1S/C72H85N13O15S2/c1-43(2)59(80-56(86)18-7-6-10-28-83-57(87)25-26-58(83)88)64(91)85(54(62(73)89)16-12-27-75-66(74)94)47-21-19-45(20-22-47)35-99-68(95)82(30-32-102(96,97)98)29-31-100-72-39-69(4)36-70(5,40-72)38-71(37-69,41-72)42-84-44(3)50(34-76-84)48-23-24-51(77-61(48)65(92)93)53-33-46-13-11-14-49(60(46)78-53)63(90)81-67-79-52-15-8-9-17-55(52)101-67/h8-9,11,13-15,17,19-26,33-34,43,54,59,78H,6-7,10,12,16,18,27-32,35-42H2,1-5H3,(H2,73,89)(H,80,86)(H,92,93)(H3,74,75,94)(H,79,81,90)(H,96,97,98)/t54-,59-,69?,70?,71?,72?/m0/s1. The number of carboxylic acids is 1. The van der Waals surface area contributed by atoms with Gasteiger partial charge in [-0.1, -0.05) is 81.9 Å². The Morgan fingerprint density at radius 1 is 0.833 bits per heavy atom. The van der Waals surface area contributed by atoms with Crippen LogP contribution in [0.25, 0.3) is 43.6 Å². The fraction of sp³-hybridized carbons (Fsp3) is 0.444. The number of thiazole rings is 1. The minimum Gasteiger partial charge on any atom is -0.476 e. The molecule has 30 heteroatoms. The van der Waals surface area contributed by atoms with Crippen molar-refractivity contribution in [1.82, 2.24) is 45.2 Å². The molecule has 4 saturated carbocycles. The van der Waals surface area contributed by atoms with Crippen LogP contribution in [-0.2, 0) is 56.7 Å². The molecule has 0 radical (unpaired) electrons. The summed E-state index contributed by atoms with van der Waals surface area (Å²) in [7, 11) is -4.55. The number of benzene rings is 3. The first-order valence-corrected chi connectivity index (χ1v) is 36.5. The van der Waals surface area contributed by atoms with Gasteiger partial charge in [-0.15, -0.1) is 0 Å². The van der Waals surface area contributed by atoms with E-state index in [1.54, 1.807) is 56.4 Å². The Kier molecular flexibility index (Phi) is 21.5. The number of unbranched alkanes of at least 4 members (excludes halogenated alkanes) is 2. The summed E-state index contributed by atoms with van der Waals surface area (Å²) in [6, 6.07) is 21.2. The number of carbonyl (C=O) groups excluding carboxylic acids is 8. The molecule has 9 amide bonds. The van der Waals surface area contributed by atoms with Crippen LogP contribution in [0, 0.1) is 29.1 Å². The average molecular weight is 1440 g/mol. The molecule has 0 spiro atoms. The van der Waals surface area contributed by atoms with Gasteiger partial charge in [-0.3, -0.25) is 53.1 Å². The van der Waals surface area contributed by atoms with Crippen molar-refractivity contribution in [3.63, 3.8) is 0 Å². The highest BCUT2D eigenvalue weighted by molar-refractivity contribution is 7.85. The molecular weight excluding hydrogens is 1350 g/mol. The zero-order valence-electron chi connectivity index (χ0n) is 57.5. The van der Waals surface area contributed by atoms with E-state index in [1.807, 2.05) is 48.0 Å². The first-order chi connectivity index (χ1) is 48.4. The highest BCUT2D eigenvalue weighted by Crippen LogP contribution is 2.72. The van der Waals surface area contributed by atoms with Crippen molar-refractivity contribution in [2.45, 2.75) is 143 Å². The van der Waals surface area contributed by atoms with Gasteiger partial charge in [0.25, 0.3) is 33.7 Å². The first kappa shape index (κ1) is 73.3. The fourth-order valence-electron chi connectivity index (χ4n) is 16.4. The predicted octanol–water partition coefficient (Wildman–Crippen LogP) is 8.89. The minimum absolute atomic E-state index is 0.00588. The lowest BCUT2D eigenvalue weighted by atomic mass is 9.39. The number of pyridine rings is 1. The molecule has 5 heterocycles. The van der Waals surface area contributed by atoms with E-state index in [2.05, 4.69) is 44.7 Å². The predicted molar refractivity (Wildman–Crippen MR) is 380 cm³/mol. The number of para-hydroxylation sites is 2. The number of hydrogen-bond acceptors (Lipinski definition) is 17. The summed E-state index contributed by atoms with van der Waals surface area (Å²) in [4.78, 5) is 134. The molecule has 1 aliphatic heterocycles. The third kappa shape index (κ3) is 16.8. The molecule has 7 aromatic rings. The smallest absolute Gasteiger partial charge is 0.410 e. The molecule has 102 heavy (non-hydrogen) atoms. The van der Waals surface area contributed by atoms with Gasteiger partial charge in [0.2, 0.25) is 11.8 Å². The van der Waals surface area contributed by atoms with Crippen LogP contribution in [0.5, 0.6) is 0 Å². The summed E-state index contributed by atoms with van der Waals surface area (Å²) in [5.74, 6) is -5.64. The normalized spacial score (nSPS) is 20.4. The maximum atomic E-state index is 14.7. The molecular formula is C72H85N13O15S2. The van der Waals surface area contributed by atoms with E-state index >= 15 is 0 Å². The van der Waals surface area contributed by atoms with Gasteiger partial charge in [0.1, 0.15) is 18.7 Å². The van der Waals surface area contributed by atoms with Crippen LogP contribution >= 0.6 is 11.3 Å². The van der Waals surface area contributed by atoms with Crippen molar-refractivity contribution in [1.29, 1.82) is 0 Å². The zero-order chi connectivity index (χ0) is 73.1. The Bertz CT molecular complexity index is 4500. The number of primary amides is 2. The average Bonchev–Trinajstić information content (AvgIpc) is 0.727. The molecule has 4 aliphatic carbocycles. The van der Waals surface area contributed by atoms with Crippen LogP contribution in [0.4, 0.5) is 20.4 Å². The molecule has 4 bridgehead atoms. The number of carbonyl (C=O) groups is 9. The summed E-state index contributed by atoms with van der Waals surface area (Å²) in [6.45, 7) is 9.80. The van der Waals surface area contributed by atoms with Gasteiger partial charge in [0.05, 0.1) is 56.8 Å². The Morgan fingerprint density at radius 2 is 1.56 bits per heavy atom. The molecule has 0 saturated heterocycles. The number of imide groups is 1. The summed E-state index contributed by atoms with van der Waals surface area (Å²) < 4.78 is 49.9. The number of amides is 9. The largest absolute Gasteiger partial charge is 0.476 e. The Balaban J connectivity index is 0.746. The van der Waals surface area contributed by atoms with Gasteiger partial charge in [-0.2, -0.15) is 13.5 Å². The topological polar surface area (TPSA) is 404 Å². The lowest BCUT2D eigenvalue weighted by molar-refractivity contribution is -0.248.